The molecule has 120 valence electrons. The van der Waals surface area contributed by atoms with Crippen LogP contribution in [-0.4, -0.2) is 56.9 Å². The maximum atomic E-state index is 12.7. The summed E-state index contributed by atoms with van der Waals surface area (Å²) in [5.41, 5.74) is 1.04. The largest absolute Gasteiger partial charge is 0.310 e. The number of likely N-dealkylation sites (N-methyl/N-ethyl adjacent to an activating group) is 1. The summed E-state index contributed by atoms with van der Waals surface area (Å²) >= 11 is 1.32. The van der Waals surface area contributed by atoms with Gasteiger partial charge in [0.25, 0.3) is 10.0 Å². The van der Waals surface area contributed by atoms with Crippen molar-refractivity contribution in [1.82, 2.24) is 14.5 Å². The maximum Gasteiger partial charge on any atom is 0.252 e. The molecule has 21 heavy (non-hydrogen) atoms. The second-order valence-corrected chi connectivity index (χ2v) is 9.15. The molecule has 0 aromatic carbocycles. The van der Waals surface area contributed by atoms with Gasteiger partial charge >= 0.3 is 0 Å². The Morgan fingerprint density at radius 1 is 1.48 bits per heavy atom. The summed E-state index contributed by atoms with van der Waals surface area (Å²) in [5.74, 6) is 0. The molecule has 1 saturated heterocycles. The van der Waals surface area contributed by atoms with Crippen molar-refractivity contribution in [3.05, 3.63) is 17.0 Å². The lowest BCUT2D eigenvalue weighted by molar-refractivity contribution is 0.302. The Kier molecular flexibility index (Phi) is 5.43. The van der Waals surface area contributed by atoms with Crippen LogP contribution >= 0.6 is 11.3 Å². The number of hydrogen-bond acceptors (Lipinski definition) is 5. The van der Waals surface area contributed by atoms with Crippen molar-refractivity contribution in [2.45, 2.75) is 43.1 Å². The molecule has 0 aliphatic carbocycles. The Labute approximate surface area is 132 Å². The summed E-state index contributed by atoms with van der Waals surface area (Å²) in [5, 5.41) is 5.24. The molecular formula is C14H25N3O2S2. The molecule has 1 unspecified atom stereocenters. The zero-order valence-electron chi connectivity index (χ0n) is 13.2. The van der Waals surface area contributed by atoms with Crippen LogP contribution in [0.25, 0.3) is 0 Å². The molecule has 0 spiro atoms. The standard InChI is InChI=1S/C14H25N3O2S2/c1-11(2)15-8-12-7-14(20-10-12)21(18,19)17-6-5-13(9-17)16(3)4/h7,10-11,13,15H,5-6,8-9H2,1-4H3. The third kappa shape index (κ3) is 4.04. The van der Waals surface area contributed by atoms with E-state index in [1.807, 2.05) is 19.5 Å². The first-order valence-corrected chi connectivity index (χ1v) is 9.60. The van der Waals surface area contributed by atoms with Gasteiger partial charge in [-0.3, -0.25) is 0 Å². The minimum atomic E-state index is -3.33. The molecular weight excluding hydrogens is 306 g/mol. The number of rotatable bonds is 6. The zero-order valence-corrected chi connectivity index (χ0v) is 14.8. The Hall–Kier alpha value is -0.470. The van der Waals surface area contributed by atoms with Gasteiger partial charge in [-0.2, -0.15) is 4.31 Å². The summed E-state index contributed by atoms with van der Waals surface area (Å²) in [6, 6.07) is 2.52. The van der Waals surface area contributed by atoms with Crippen molar-refractivity contribution in [2.24, 2.45) is 0 Å². The molecule has 2 rings (SSSR count). The Morgan fingerprint density at radius 2 is 2.19 bits per heavy atom. The van der Waals surface area contributed by atoms with Gasteiger partial charge in [-0.15, -0.1) is 11.3 Å². The molecule has 1 aromatic heterocycles. The predicted octanol–water partition coefficient (Wildman–Crippen LogP) is 1.57. The minimum absolute atomic E-state index is 0.321. The number of thiophene rings is 1. The van der Waals surface area contributed by atoms with E-state index >= 15 is 0 Å². The highest BCUT2D eigenvalue weighted by Crippen LogP contribution is 2.27. The second kappa shape index (κ2) is 6.75. The Bertz CT molecular complexity index is 567. The summed E-state index contributed by atoms with van der Waals surface area (Å²) in [6.07, 6.45) is 0.902. The van der Waals surface area contributed by atoms with Crippen LogP contribution in [0.3, 0.4) is 0 Å². The van der Waals surface area contributed by atoms with Gasteiger partial charge in [-0.1, -0.05) is 13.8 Å². The van der Waals surface area contributed by atoms with E-state index in [1.54, 1.807) is 10.4 Å². The van der Waals surface area contributed by atoms with Crippen LogP contribution in [0.1, 0.15) is 25.8 Å². The van der Waals surface area contributed by atoms with Gasteiger partial charge < -0.3 is 10.2 Å². The monoisotopic (exact) mass is 331 g/mol. The molecule has 1 aromatic rings. The number of sulfonamides is 1. The molecule has 2 heterocycles. The summed E-state index contributed by atoms with van der Waals surface area (Å²) < 4.78 is 27.4. The van der Waals surface area contributed by atoms with E-state index in [0.717, 1.165) is 12.0 Å². The molecule has 1 aliphatic rings. The van der Waals surface area contributed by atoms with Crippen molar-refractivity contribution in [2.75, 3.05) is 27.2 Å². The Morgan fingerprint density at radius 3 is 2.76 bits per heavy atom. The first kappa shape index (κ1) is 16.9. The van der Waals surface area contributed by atoms with Crippen LogP contribution in [0, 0.1) is 0 Å². The van der Waals surface area contributed by atoms with Crippen molar-refractivity contribution in [3.8, 4) is 0 Å². The fraction of sp³-hybridized carbons (Fsp3) is 0.714. The van der Waals surface area contributed by atoms with E-state index in [4.69, 9.17) is 0 Å². The van der Waals surface area contributed by atoms with Crippen molar-refractivity contribution in [1.29, 1.82) is 0 Å². The SMILES string of the molecule is CC(C)NCc1csc(S(=O)(=O)N2CCC(N(C)C)C2)c1. The van der Waals surface area contributed by atoms with Crippen LogP contribution in [-0.2, 0) is 16.6 Å². The lowest BCUT2D eigenvalue weighted by Crippen LogP contribution is -2.34. The van der Waals surface area contributed by atoms with Crippen molar-refractivity contribution >= 4 is 21.4 Å². The number of hydrogen-bond donors (Lipinski definition) is 1. The van der Waals surface area contributed by atoms with Gasteiger partial charge in [0.05, 0.1) is 0 Å². The maximum absolute atomic E-state index is 12.7. The van der Waals surface area contributed by atoms with Gasteiger partial charge in [0.1, 0.15) is 4.21 Å². The highest BCUT2D eigenvalue weighted by Gasteiger charge is 2.34. The number of nitrogens with one attached hydrogen (secondary N) is 1. The van der Waals surface area contributed by atoms with Crippen molar-refractivity contribution < 1.29 is 8.42 Å². The smallest absolute Gasteiger partial charge is 0.252 e. The minimum Gasteiger partial charge on any atom is -0.310 e. The average molecular weight is 332 g/mol. The van der Waals surface area contributed by atoms with Gasteiger partial charge in [-0.05, 0) is 37.5 Å². The lowest BCUT2D eigenvalue weighted by Gasteiger charge is -2.19. The zero-order chi connectivity index (χ0) is 15.6. The molecule has 1 N–H and O–H groups in total. The molecule has 0 bridgehead atoms. The van der Waals surface area contributed by atoms with Crippen LogP contribution < -0.4 is 5.32 Å². The fourth-order valence-corrected chi connectivity index (χ4v) is 5.23. The quantitative estimate of drug-likeness (QED) is 0.860. The topological polar surface area (TPSA) is 52.7 Å². The second-order valence-electron chi connectivity index (χ2n) is 6.08. The Balaban J connectivity index is 2.06. The molecule has 7 heteroatoms. The van der Waals surface area contributed by atoms with Crippen LogP contribution in [0.5, 0.6) is 0 Å². The third-order valence-electron chi connectivity index (χ3n) is 3.79. The number of nitrogens with zero attached hydrogens (tertiary/aromatic N) is 2. The molecule has 0 radical (unpaired) electrons. The highest BCUT2D eigenvalue weighted by molar-refractivity contribution is 7.91. The molecule has 1 atom stereocenters. The molecule has 0 saturated carbocycles. The molecule has 1 fully saturated rings. The van der Waals surface area contributed by atoms with E-state index in [-0.39, 0.29) is 0 Å². The summed E-state index contributed by atoms with van der Waals surface area (Å²) in [4.78, 5) is 2.10. The first-order valence-electron chi connectivity index (χ1n) is 7.28. The third-order valence-corrected chi connectivity index (χ3v) is 7.12. The van der Waals surface area contributed by atoms with Gasteiger partial charge in [0, 0.05) is 31.7 Å². The van der Waals surface area contributed by atoms with E-state index in [1.165, 1.54) is 11.3 Å². The fourth-order valence-electron chi connectivity index (χ4n) is 2.38. The van der Waals surface area contributed by atoms with E-state index in [9.17, 15) is 8.42 Å². The predicted molar refractivity (Wildman–Crippen MR) is 87.1 cm³/mol. The van der Waals surface area contributed by atoms with Crippen LogP contribution in [0.2, 0.25) is 0 Å². The van der Waals surface area contributed by atoms with Crippen molar-refractivity contribution in [3.63, 3.8) is 0 Å². The van der Waals surface area contributed by atoms with E-state index in [2.05, 4.69) is 24.1 Å². The normalized spacial score (nSPS) is 20.8. The van der Waals surface area contributed by atoms with Crippen LogP contribution in [0.15, 0.2) is 15.7 Å². The van der Waals surface area contributed by atoms with Gasteiger partial charge in [0.15, 0.2) is 0 Å². The van der Waals surface area contributed by atoms with Gasteiger partial charge in [-0.25, -0.2) is 8.42 Å². The molecule has 5 nitrogen and oxygen atoms in total. The van der Waals surface area contributed by atoms with E-state index < -0.39 is 10.0 Å². The average Bonchev–Trinajstić information content (AvgIpc) is 3.06. The van der Waals surface area contributed by atoms with E-state index in [0.29, 0.717) is 35.9 Å². The molecule has 0 amide bonds. The van der Waals surface area contributed by atoms with Gasteiger partial charge in [0.2, 0.25) is 0 Å². The highest BCUT2D eigenvalue weighted by atomic mass is 32.2. The lowest BCUT2D eigenvalue weighted by atomic mass is 10.2. The first-order chi connectivity index (χ1) is 9.80. The molecule has 1 aliphatic heterocycles. The summed E-state index contributed by atoms with van der Waals surface area (Å²) in [7, 11) is 0.678. The van der Waals surface area contributed by atoms with Crippen LogP contribution in [0.4, 0.5) is 0 Å². The summed E-state index contributed by atoms with van der Waals surface area (Å²) in [6.45, 7) is 6.07.